The Hall–Kier alpha value is -3.10. The van der Waals surface area contributed by atoms with E-state index in [4.69, 9.17) is 9.47 Å². The number of ether oxygens (including phenoxy) is 3. The molecule has 0 unspecified atom stereocenters. The summed E-state index contributed by atoms with van der Waals surface area (Å²) in [5.41, 5.74) is -1.95. The number of phenols is 2. The lowest BCUT2D eigenvalue weighted by molar-refractivity contribution is -0.356. The molecule has 2 aromatic rings. The predicted octanol–water partition coefficient (Wildman–Crippen LogP) is -1.56. The molecule has 12 heteroatoms. The Bertz CT molecular complexity index is 1140. The molecule has 1 aliphatic carbocycles. The van der Waals surface area contributed by atoms with Gasteiger partial charge in [0.1, 0.15) is 35.9 Å². The molecule has 182 valence electrons. The summed E-state index contributed by atoms with van der Waals surface area (Å²) in [6, 6.07) is 5.63. The molecule has 34 heavy (non-hydrogen) atoms. The number of aromatic hydroxyl groups is 2. The molecule has 0 radical (unpaired) electrons. The van der Waals surface area contributed by atoms with Crippen molar-refractivity contribution in [3.05, 3.63) is 58.1 Å². The van der Waals surface area contributed by atoms with Gasteiger partial charge in [-0.3, -0.25) is 4.79 Å². The van der Waals surface area contributed by atoms with Crippen molar-refractivity contribution >= 4 is 11.8 Å². The minimum atomic E-state index is -2.73. The smallest absolute Gasteiger partial charge is 0.337 e. The minimum absolute atomic E-state index is 0.258. The van der Waals surface area contributed by atoms with Gasteiger partial charge in [-0.15, -0.1) is 0 Å². The van der Waals surface area contributed by atoms with E-state index >= 15 is 0 Å². The molecule has 1 heterocycles. The molecular formula is C22H22O12. The second-order valence-electron chi connectivity index (χ2n) is 7.90. The van der Waals surface area contributed by atoms with Gasteiger partial charge in [-0.05, 0) is 18.2 Å². The van der Waals surface area contributed by atoms with E-state index in [1.54, 1.807) is 0 Å². The van der Waals surface area contributed by atoms with Crippen LogP contribution in [0.15, 0.2) is 30.3 Å². The Balaban J connectivity index is 1.92. The number of aliphatic hydroxyl groups is 5. The number of benzene rings is 2. The number of hydrogen-bond donors (Lipinski definition) is 7. The molecule has 0 saturated carbocycles. The summed E-state index contributed by atoms with van der Waals surface area (Å²) in [5.74, 6) is -5.82. The van der Waals surface area contributed by atoms with Crippen molar-refractivity contribution < 1.29 is 59.5 Å². The van der Waals surface area contributed by atoms with Gasteiger partial charge in [0.2, 0.25) is 11.6 Å². The Morgan fingerprint density at radius 1 is 1.03 bits per heavy atom. The lowest BCUT2D eigenvalue weighted by atomic mass is 9.78. The lowest BCUT2D eigenvalue weighted by Gasteiger charge is -2.44. The Labute approximate surface area is 191 Å². The Morgan fingerprint density at radius 2 is 1.71 bits per heavy atom. The normalized spacial score (nSPS) is 30.4. The number of phenolic OH excluding ortho intramolecular Hbond substituents is 2. The lowest BCUT2D eigenvalue weighted by Crippen LogP contribution is -2.60. The summed E-state index contributed by atoms with van der Waals surface area (Å²) >= 11 is 0. The van der Waals surface area contributed by atoms with E-state index in [9.17, 15) is 45.3 Å². The third-order valence-corrected chi connectivity index (χ3v) is 5.90. The van der Waals surface area contributed by atoms with Crippen molar-refractivity contribution in [1.82, 2.24) is 0 Å². The number of rotatable bonds is 4. The van der Waals surface area contributed by atoms with E-state index in [2.05, 4.69) is 4.74 Å². The number of hydrogen-bond acceptors (Lipinski definition) is 12. The van der Waals surface area contributed by atoms with Crippen molar-refractivity contribution in [2.45, 2.75) is 36.5 Å². The zero-order chi connectivity index (χ0) is 24.9. The molecule has 6 atom stereocenters. The molecule has 1 saturated heterocycles. The molecule has 0 bridgehead atoms. The summed E-state index contributed by atoms with van der Waals surface area (Å²) in [5, 5.41) is 72.6. The van der Waals surface area contributed by atoms with Crippen LogP contribution in [0.2, 0.25) is 0 Å². The first-order chi connectivity index (χ1) is 16.0. The number of methoxy groups -OCH3 is 1. The van der Waals surface area contributed by atoms with Crippen LogP contribution in [0.1, 0.15) is 37.4 Å². The van der Waals surface area contributed by atoms with Gasteiger partial charge in [-0.1, -0.05) is 12.1 Å². The van der Waals surface area contributed by atoms with Gasteiger partial charge >= 0.3 is 5.97 Å². The van der Waals surface area contributed by atoms with Crippen LogP contribution in [-0.4, -0.2) is 91.9 Å². The van der Waals surface area contributed by atoms with Crippen LogP contribution < -0.4 is 0 Å². The second-order valence-corrected chi connectivity index (χ2v) is 7.90. The average molecular weight is 478 g/mol. The largest absolute Gasteiger partial charge is 0.507 e. The first-order valence-corrected chi connectivity index (χ1v) is 10.1. The number of fused-ring (bicyclic) bond motifs is 2. The first kappa shape index (κ1) is 24.0. The van der Waals surface area contributed by atoms with Gasteiger partial charge < -0.3 is 50.0 Å². The van der Waals surface area contributed by atoms with Crippen LogP contribution in [0.3, 0.4) is 0 Å². The molecular weight excluding hydrogens is 456 g/mol. The van der Waals surface area contributed by atoms with Gasteiger partial charge in [0, 0.05) is 11.1 Å². The highest BCUT2D eigenvalue weighted by molar-refractivity contribution is 6.16. The fourth-order valence-corrected chi connectivity index (χ4v) is 4.16. The zero-order valence-corrected chi connectivity index (χ0v) is 17.7. The molecule has 2 aromatic carbocycles. The fraction of sp³-hybridized carbons (Fsp3) is 0.364. The summed E-state index contributed by atoms with van der Waals surface area (Å²) in [4.78, 5) is 25.3. The monoisotopic (exact) mass is 478 g/mol. The van der Waals surface area contributed by atoms with Crippen LogP contribution in [-0.2, 0) is 20.0 Å². The first-order valence-electron chi connectivity index (χ1n) is 10.1. The number of aliphatic hydroxyl groups excluding tert-OH is 4. The van der Waals surface area contributed by atoms with Gasteiger partial charge in [0.25, 0.3) is 0 Å². The summed E-state index contributed by atoms with van der Waals surface area (Å²) in [7, 11) is 1.08. The van der Waals surface area contributed by atoms with E-state index < -0.39 is 83.0 Å². The van der Waals surface area contributed by atoms with Crippen molar-refractivity contribution in [2.24, 2.45) is 0 Å². The van der Waals surface area contributed by atoms with E-state index in [0.717, 1.165) is 25.3 Å². The standard InChI is InChI=1S/C22H22O12/c1-32-20(30)8-5-10-15(12(25)6-8)17(27)14-9(3-2-4-11(14)24)22(10,31)34-21-19(29)18(28)16(26)13(7-23)33-21/h2-6,13,16,18-19,21,23-26,28-29,31H,7H2,1H3/t13-,16-,18+,19-,21+,22-/m1/s1. The van der Waals surface area contributed by atoms with Crippen molar-refractivity contribution in [3.8, 4) is 11.5 Å². The van der Waals surface area contributed by atoms with Crippen LogP contribution in [0.25, 0.3) is 0 Å². The minimum Gasteiger partial charge on any atom is -0.507 e. The van der Waals surface area contributed by atoms with E-state index in [-0.39, 0.29) is 11.1 Å². The average Bonchev–Trinajstić information content (AvgIpc) is 2.82. The highest BCUT2D eigenvalue weighted by Gasteiger charge is 2.52. The maximum atomic E-state index is 13.1. The SMILES string of the molecule is COC(=O)c1cc(O)c2c(c1)[C@](O)(O[C@@H]1O[C@H](CO)[C@@H](O)[C@H](O)[C@H]1O)c1cccc(O)c1C2=O. The van der Waals surface area contributed by atoms with Crippen LogP contribution >= 0.6 is 0 Å². The number of esters is 1. The molecule has 0 spiro atoms. The summed E-state index contributed by atoms with van der Waals surface area (Å²) < 4.78 is 15.6. The fourth-order valence-electron chi connectivity index (χ4n) is 4.16. The maximum Gasteiger partial charge on any atom is 0.337 e. The van der Waals surface area contributed by atoms with Crippen molar-refractivity contribution in [1.29, 1.82) is 0 Å². The zero-order valence-electron chi connectivity index (χ0n) is 17.7. The van der Waals surface area contributed by atoms with Gasteiger partial charge in [0.05, 0.1) is 30.4 Å². The van der Waals surface area contributed by atoms with E-state index in [1.165, 1.54) is 12.1 Å². The van der Waals surface area contributed by atoms with E-state index in [0.29, 0.717) is 0 Å². The molecule has 1 aliphatic heterocycles. The van der Waals surface area contributed by atoms with Gasteiger partial charge in [-0.25, -0.2) is 4.79 Å². The van der Waals surface area contributed by atoms with Crippen LogP contribution in [0.4, 0.5) is 0 Å². The molecule has 12 nitrogen and oxygen atoms in total. The summed E-state index contributed by atoms with van der Waals surface area (Å²) in [6.07, 6.45) is -8.74. The Kier molecular flexibility index (Phi) is 6.08. The third kappa shape index (κ3) is 3.52. The molecule has 7 N–H and O–H groups in total. The second kappa shape index (κ2) is 8.60. The molecule has 4 rings (SSSR count). The highest BCUT2D eigenvalue weighted by Crippen LogP contribution is 2.47. The molecule has 2 aliphatic rings. The van der Waals surface area contributed by atoms with Crippen molar-refractivity contribution in [2.75, 3.05) is 13.7 Å². The topological polar surface area (TPSA) is 203 Å². The predicted molar refractivity (Wildman–Crippen MR) is 109 cm³/mol. The van der Waals surface area contributed by atoms with Crippen LogP contribution in [0.5, 0.6) is 11.5 Å². The van der Waals surface area contributed by atoms with Crippen LogP contribution in [0, 0.1) is 0 Å². The maximum absolute atomic E-state index is 13.1. The van der Waals surface area contributed by atoms with Gasteiger partial charge in [0.15, 0.2) is 6.29 Å². The number of ketones is 1. The molecule has 0 aromatic heterocycles. The molecule has 0 amide bonds. The number of carbonyl (C=O) groups is 2. The Morgan fingerprint density at radius 3 is 2.35 bits per heavy atom. The quantitative estimate of drug-likeness (QED) is 0.197. The van der Waals surface area contributed by atoms with E-state index in [1.807, 2.05) is 0 Å². The van der Waals surface area contributed by atoms with Gasteiger partial charge in [-0.2, -0.15) is 0 Å². The summed E-state index contributed by atoms with van der Waals surface area (Å²) in [6.45, 7) is -0.775. The third-order valence-electron chi connectivity index (χ3n) is 5.90. The number of carbonyl (C=O) groups excluding carboxylic acids is 2. The highest BCUT2D eigenvalue weighted by atomic mass is 16.8. The molecule has 1 fully saturated rings. The van der Waals surface area contributed by atoms with Crippen molar-refractivity contribution in [3.63, 3.8) is 0 Å².